The monoisotopic (exact) mass is 560 g/mol. The lowest BCUT2D eigenvalue weighted by atomic mass is 10.00. The van der Waals surface area contributed by atoms with Crippen LogP contribution < -0.4 is 15.0 Å². The molecule has 1 amide bonds. The molecule has 2 aromatic heterocycles. The van der Waals surface area contributed by atoms with Gasteiger partial charge in [0.25, 0.3) is 5.92 Å². The van der Waals surface area contributed by atoms with Gasteiger partial charge in [-0.1, -0.05) is 12.1 Å². The molecule has 2 fully saturated rings. The first-order valence-electron chi connectivity index (χ1n) is 13.0. The number of benzene rings is 1. The molecule has 1 atom stereocenters. The van der Waals surface area contributed by atoms with Crippen LogP contribution in [-0.2, 0) is 15.5 Å². The third-order valence-electron chi connectivity index (χ3n) is 7.42. The molecule has 2 saturated heterocycles. The molecule has 0 saturated carbocycles. The Morgan fingerprint density at radius 2 is 1.98 bits per heavy atom. The van der Waals surface area contributed by atoms with Gasteiger partial charge in [-0.05, 0) is 26.0 Å². The average molecular weight is 561 g/mol. The number of aromatic nitrogens is 3. The van der Waals surface area contributed by atoms with E-state index in [1.165, 1.54) is 19.2 Å². The Morgan fingerprint density at radius 3 is 2.60 bits per heavy atom. The van der Waals surface area contributed by atoms with E-state index in [9.17, 15) is 13.6 Å². The molecule has 2 aliphatic heterocycles. The standard InChI is InChI=1S/C27H31F3N6O4/c1-15(18-5-4-6-20(22(18)28)27(29,30)14-37)31-24-19-11-21(25(39-3)32-23(19)16(2)33-34-24)35-7-9-36(10-8-35)26(38)17-12-40-13-17/h4-6,11,15,17,37H,7-10,12-14H2,1-3H3,(H,31,34)/t15-/m1/s1. The Bertz CT molecular complexity index is 1410. The third-order valence-corrected chi connectivity index (χ3v) is 7.42. The van der Waals surface area contributed by atoms with Crippen molar-refractivity contribution in [3.05, 3.63) is 46.9 Å². The normalized spacial score (nSPS) is 17.1. The van der Waals surface area contributed by atoms with E-state index in [4.69, 9.17) is 14.6 Å². The first-order chi connectivity index (χ1) is 19.1. The number of nitrogens with one attached hydrogen (secondary N) is 1. The van der Waals surface area contributed by atoms with Crippen LogP contribution in [-0.4, -0.2) is 84.2 Å². The number of hydrogen-bond acceptors (Lipinski definition) is 9. The number of anilines is 2. The predicted octanol–water partition coefficient (Wildman–Crippen LogP) is 3.03. The Balaban J connectivity index is 1.44. The molecule has 0 aliphatic carbocycles. The first kappa shape index (κ1) is 27.8. The zero-order chi connectivity index (χ0) is 28.6. The molecular formula is C27H31F3N6O4. The second-order valence-corrected chi connectivity index (χ2v) is 10.0. The summed E-state index contributed by atoms with van der Waals surface area (Å²) in [4.78, 5) is 21.2. The van der Waals surface area contributed by atoms with E-state index < -0.39 is 30.0 Å². The van der Waals surface area contributed by atoms with Gasteiger partial charge in [-0.3, -0.25) is 4.79 Å². The van der Waals surface area contributed by atoms with Gasteiger partial charge in [0.15, 0.2) is 5.82 Å². The summed E-state index contributed by atoms with van der Waals surface area (Å²) in [7, 11) is 1.52. The highest BCUT2D eigenvalue weighted by molar-refractivity contribution is 5.94. The maximum Gasteiger partial charge on any atom is 0.298 e. The molecule has 0 spiro atoms. The van der Waals surface area contributed by atoms with Crippen molar-refractivity contribution in [2.45, 2.75) is 25.8 Å². The number of carbonyl (C=O) groups is 1. The summed E-state index contributed by atoms with van der Waals surface area (Å²) in [5, 5.41) is 21.2. The highest BCUT2D eigenvalue weighted by Gasteiger charge is 2.35. The van der Waals surface area contributed by atoms with Crippen LogP contribution in [0.4, 0.5) is 24.7 Å². The van der Waals surface area contributed by atoms with Crippen LogP contribution >= 0.6 is 0 Å². The van der Waals surface area contributed by atoms with Crippen molar-refractivity contribution in [1.82, 2.24) is 20.1 Å². The molecule has 40 heavy (non-hydrogen) atoms. The number of pyridine rings is 1. The Hall–Kier alpha value is -3.71. The second-order valence-electron chi connectivity index (χ2n) is 10.0. The number of piperazine rings is 1. The van der Waals surface area contributed by atoms with Crippen molar-refractivity contribution in [2.75, 3.05) is 63.3 Å². The number of aliphatic hydroxyl groups excluding tert-OH is 1. The number of aliphatic hydroxyl groups is 1. The van der Waals surface area contributed by atoms with Gasteiger partial charge >= 0.3 is 0 Å². The fraction of sp³-hybridized carbons (Fsp3) is 0.481. The smallest absolute Gasteiger partial charge is 0.298 e. The lowest BCUT2D eigenvalue weighted by molar-refractivity contribution is -0.150. The second kappa shape index (κ2) is 11.0. The summed E-state index contributed by atoms with van der Waals surface area (Å²) >= 11 is 0. The molecule has 5 rings (SSSR count). The van der Waals surface area contributed by atoms with Crippen LogP contribution in [0.1, 0.15) is 29.8 Å². The largest absolute Gasteiger partial charge is 0.480 e. The number of fused-ring (bicyclic) bond motifs is 1. The molecule has 1 aromatic carbocycles. The minimum Gasteiger partial charge on any atom is -0.480 e. The summed E-state index contributed by atoms with van der Waals surface area (Å²) < 4.78 is 54.1. The lowest BCUT2D eigenvalue weighted by Crippen LogP contribution is -2.53. The SMILES string of the molecule is COc1nc2c(C)nnc(N[C@H](C)c3cccc(C(F)(F)CO)c3F)c2cc1N1CCN(C(=O)C2COC2)CC1. The lowest BCUT2D eigenvalue weighted by Gasteiger charge is -2.39. The number of amides is 1. The van der Waals surface area contributed by atoms with Gasteiger partial charge in [-0.15, -0.1) is 5.10 Å². The van der Waals surface area contributed by atoms with Crippen molar-refractivity contribution < 1.29 is 32.5 Å². The number of nitrogens with zero attached hydrogens (tertiary/aromatic N) is 5. The molecular weight excluding hydrogens is 529 g/mol. The molecule has 2 aliphatic rings. The zero-order valence-corrected chi connectivity index (χ0v) is 22.5. The summed E-state index contributed by atoms with van der Waals surface area (Å²) in [6, 6.07) is 4.77. The topological polar surface area (TPSA) is 113 Å². The molecule has 2 N–H and O–H groups in total. The van der Waals surface area contributed by atoms with Crippen LogP contribution in [0, 0.1) is 18.7 Å². The molecule has 3 aromatic rings. The number of carbonyl (C=O) groups excluding carboxylic acids is 1. The molecule has 0 radical (unpaired) electrons. The third kappa shape index (κ3) is 5.10. The van der Waals surface area contributed by atoms with E-state index in [-0.39, 0.29) is 17.4 Å². The maximum atomic E-state index is 15.1. The maximum absolute atomic E-state index is 15.1. The highest BCUT2D eigenvalue weighted by atomic mass is 19.3. The summed E-state index contributed by atoms with van der Waals surface area (Å²) in [5.74, 6) is -4.10. The van der Waals surface area contributed by atoms with Gasteiger partial charge in [0.2, 0.25) is 11.8 Å². The van der Waals surface area contributed by atoms with Crippen molar-refractivity contribution in [2.24, 2.45) is 5.92 Å². The molecule has 0 unspecified atom stereocenters. The van der Waals surface area contributed by atoms with E-state index in [1.54, 1.807) is 13.8 Å². The zero-order valence-electron chi connectivity index (χ0n) is 22.5. The van der Waals surface area contributed by atoms with E-state index in [2.05, 4.69) is 25.4 Å². The predicted molar refractivity (Wildman–Crippen MR) is 141 cm³/mol. The van der Waals surface area contributed by atoms with Crippen LogP contribution in [0.5, 0.6) is 5.88 Å². The van der Waals surface area contributed by atoms with Gasteiger partial charge in [0, 0.05) is 37.1 Å². The molecule has 13 heteroatoms. The highest BCUT2D eigenvalue weighted by Crippen LogP contribution is 2.37. The van der Waals surface area contributed by atoms with Crippen molar-refractivity contribution in [1.29, 1.82) is 0 Å². The van der Waals surface area contributed by atoms with Gasteiger partial charge in [0.1, 0.15) is 23.6 Å². The molecule has 214 valence electrons. The Kier molecular flexibility index (Phi) is 7.69. The number of methoxy groups -OCH3 is 1. The van der Waals surface area contributed by atoms with Crippen molar-refractivity contribution in [3.8, 4) is 5.88 Å². The van der Waals surface area contributed by atoms with E-state index in [0.29, 0.717) is 73.4 Å². The number of rotatable bonds is 8. The van der Waals surface area contributed by atoms with Crippen LogP contribution in [0.15, 0.2) is 24.3 Å². The number of alkyl halides is 2. The Labute approximate surface area is 229 Å². The number of ether oxygens (including phenoxy) is 2. The van der Waals surface area contributed by atoms with Gasteiger partial charge < -0.3 is 29.7 Å². The van der Waals surface area contributed by atoms with Crippen LogP contribution in [0.3, 0.4) is 0 Å². The number of aryl methyl sites for hydroxylation is 1. The Morgan fingerprint density at radius 1 is 1.25 bits per heavy atom. The minimum atomic E-state index is -3.72. The van der Waals surface area contributed by atoms with E-state index in [0.717, 1.165) is 6.07 Å². The fourth-order valence-corrected chi connectivity index (χ4v) is 4.99. The van der Waals surface area contributed by atoms with Crippen LogP contribution in [0.2, 0.25) is 0 Å². The summed E-state index contributed by atoms with van der Waals surface area (Å²) in [6.45, 7) is 5.02. The van der Waals surface area contributed by atoms with Crippen molar-refractivity contribution in [3.63, 3.8) is 0 Å². The molecule has 0 bridgehead atoms. The summed E-state index contributed by atoms with van der Waals surface area (Å²) in [6.07, 6.45) is 0. The first-order valence-corrected chi connectivity index (χ1v) is 13.0. The molecule has 10 nitrogen and oxygen atoms in total. The van der Waals surface area contributed by atoms with Crippen LogP contribution in [0.25, 0.3) is 10.9 Å². The van der Waals surface area contributed by atoms with Gasteiger partial charge in [-0.25, -0.2) is 9.37 Å². The quantitative estimate of drug-likeness (QED) is 0.429. The van der Waals surface area contributed by atoms with Gasteiger partial charge in [0.05, 0.1) is 43.5 Å². The van der Waals surface area contributed by atoms with Crippen molar-refractivity contribution >= 4 is 28.3 Å². The average Bonchev–Trinajstić information content (AvgIpc) is 2.93. The summed E-state index contributed by atoms with van der Waals surface area (Å²) in [5.41, 5.74) is 0.877. The fourth-order valence-electron chi connectivity index (χ4n) is 4.99. The van der Waals surface area contributed by atoms with E-state index in [1.807, 2.05) is 11.0 Å². The number of halogens is 3. The minimum absolute atomic E-state index is 0.0134. The van der Waals surface area contributed by atoms with E-state index >= 15 is 4.39 Å². The number of hydrogen-bond donors (Lipinski definition) is 2. The van der Waals surface area contributed by atoms with Gasteiger partial charge in [-0.2, -0.15) is 13.9 Å². The molecule has 4 heterocycles.